The highest BCUT2D eigenvalue weighted by molar-refractivity contribution is 7.98. The van der Waals surface area contributed by atoms with Crippen LogP contribution in [0.1, 0.15) is 26.0 Å². The first-order valence-corrected chi connectivity index (χ1v) is 6.25. The molecule has 0 aromatic carbocycles. The van der Waals surface area contributed by atoms with Crippen molar-refractivity contribution in [3.8, 4) is 0 Å². The van der Waals surface area contributed by atoms with Gasteiger partial charge in [-0.15, -0.1) is 0 Å². The van der Waals surface area contributed by atoms with Gasteiger partial charge in [-0.05, 0) is 13.3 Å². The molecule has 0 aliphatic rings. The largest absolute Gasteiger partial charge is 0.334 e. The highest BCUT2D eigenvalue weighted by Crippen LogP contribution is 2.13. The molecule has 0 fully saturated rings. The van der Waals surface area contributed by atoms with Crippen molar-refractivity contribution in [1.82, 2.24) is 9.55 Å². The van der Waals surface area contributed by atoms with Crippen LogP contribution in [-0.4, -0.2) is 21.3 Å². The maximum absolute atomic E-state index is 5.84. The molecule has 4 heteroatoms. The minimum atomic E-state index is 0.331. The summed E-state index contributed by atoms with van der Waals surface area (Å²) in [6, 6.07) is 0.331. The summed E-state index contributed by atoms with van der Waals surface area (Å²) in [6.45, 7) is 5.25. The zero-order valence-corrected chi connectivity index (χ0v) is 9.76. The van der Waals surface area contributed by atoms with Gasteiger partial charge in [0, 0.05) is 36.0 Å². The molecular formula is C10H19N3S. The third-order valence-electron chi connectivity index (χ3n) is 2.25. The second-order valence-corrected chi connectivity index (χ2v) is 4.38. The predicted octanol–water partition coefficient (Wildman–Crippen LogP) is 1.87. The van der Waals surface area contributed by atoms with Gasteiger partial charge in [0.25, 0.3) is 0 Å². The Kier molecular flexibility index (Phi) is 5.04. The summed E-state index contributed by atoms with van der Waals surface area (Å²) < 4.78 is 2.17. The van der Waals surface area contributed by atoms with Crippen molar-refractivity contribution in [2.75, 3.05) is 5.75 Å². The average Bonchev–Trinajstić information content (AvgIpc) is 2.65. The Morgan fingerprint density at radius 1 is 1.57 bits per heavy atom. The molecule has 0 bridgehead atoms. The lowest BCUT2D eigenvalue weighted by Crippen LogP contribution is -2.21. The number of nitrogens with zero attached hydrogens (tertiary/aromatic N) is 2. The molecular weight excluding hydrogens is 194 g/mol. The minimum Gasteiger partial charge on any atom is -0.334 e. The third-order valence-corrected chi connectivity index (χ3v) is 3.41. The lowest BCUT2D eigenvalue weighted by molar-refractivity contribution is 0.720. The second-order valence-electron chi connectivity index (χ2n) is 3.35. The zero-order valence-electron chi connectivity index (χ0n) is 8.94. The van der Waals surface area contributed by atoms with Crippen molar-refractivity contribution in [1.29, 1.82) is 0 Å². The number of aromatic nitrogens is 2. The van der Waals surface area contributed by atoms with Crippen LogP contribution in [0.2, 0.25) is 0 Å². The quantitative estimate of drug-likeness (QED) is 0.784. The number of aryl methyl sites for hydroxylation is 1. The SMILES string of the molecule is CCC(N)CSCc1cncn1CC. The summed E-state index contributed by atoms with van der Waals surface area (Å²) in [5, 5.41) is 0. The molecule has 0 spiro atoms. The molecule has 0 amide bonds. The fraction of sp³-hybridized carbons (Fsp3) is 0.700. The molecule has 0 aliphatic heterocycles. The Labute approximate surface area is 90.1 Å². The van der Waals surface area contributed by atoms with E-state index in [9.17, 15) is 0 Å². The van der Waals surface area contributed by atoms with Gasteiger partial charge in [0.1, 0.15) is 0 Å². The second kappa shape index (κ2) is 6.09. The maximum atomic E-state index is 5.84. The molecule has 14 heavy (non-hydrogen) atoms. The van der Waals surface area contributed by atoms with Gasteiger partial charge in [-0.25, -0.2) is 4.98 Å². The van der Waals surface area contributed by atoms with Crippen LogP contribution < -0.4 is 5.73 Å². The Morgan fingerprint density at radius 3 is 3.00 bits per heavy atom. The van der Waals surface area contributed by atoms with Gasteiger partial charge in [0.05, 0.1) is 6.33 Å². The maximum Gasteiger partial charge on any atom is 0.0948 e. The van der Waals surface area contributed by atoms with Crippen LogP contribution in [0.5, 0.6) is 0 Å². The van der Waals surface area contributed by atoms with Crippen molar-refractivity contribution >= 4 is 11.8 Å². The van der Waals surface area contributed by atoms with Gasteiger partial charge in [-0.1, -0.05) is 6.92 Å². The van der Waals surface area contributed by atoms with E-state index in [0.717, 1.165) is 24.5 Å². The molecule has 80 valence electrons. The molecule has 1 aromatic heterocycles. The van der Waals surface area contributed by atoms with E-state index in [1.165, 1.54) is 5.69 Å². The highest BCUT2D eigenvalue weighted by Gasteiger charge is 2.02. The van der Waals surface area contributed by atoms with Crippen molar-refractivity contribution in [3.05, 3.63) is 18.2 Å². The van der Waals surface area contributed by atoms with Crippen LogP contribution in [0.25, 0.3) is 0 Å². The first-order valence-electron chi connectivity index (χ1n) is 5.10. The molecule has 0 radical (unpaired) electrons. The first-order chi connectivity index (χ1) is 6.77. The zero-order chi connectivity index (χ0) is 10.4. The molecule has 0 saturated carbocycles. The van der Waals surface area contributed by atoms with Gasteiger partial charge < -0.3 is 10.3 Å². The van der Waals surface area contributed by atoms with Crippen molar-refractivity contribution in [2.45, 2.75) is 38.6 Å². The third kappa shape index (κ3) is 3.35. The number of hydrogen-bond acceptors (Lipinski definition) is 3. The van der Waals surface area contributed by atoms with E-state index >= 15 is 0 Å². The molecule has 3 nitrogen and oxygen atoms in total. The predicted molar refractivity (Wildman–Crippen MR) is 62.3 cm³/mol. The van der Waals surface area contributed by atoms with Gasteiger partial charge in [-0.2, -0.15) is 11.8 Å². The number of nitrogens with two attached hydrogens (primary N) is 1. The Bertz CT molecular complexity index is 260. The van der Waals surface area contributed by atoms with Gasteiger partial charge >= 0.3 is 0 Å². The normalized spacial score (nSPS) is 13.1. The number of imidazole rings is 1. The Balaban J connectivity index is 2.31. The summed E-state index contributed by atoms with van der Waals surface area (Å²) >= 11 is 1.89. The summed E-state index contributed by atoms with van der Waals surface area (Å²) in [5.41, 5.74) is 7.13. The van der Waals surface area contributed by atoms with E-state index < -0.39 is 0 Å². The number of rotatable bonds is 6. The molecule has 1 rings (SSSR count). The molecule has 1 atom stereocenters. The number of hydrogen-bond donors (Lipinski definition) is 1. The van der Waals surface area contributed by atoms with E-state index in [1.54, 1.807) is 0 Å². The fourth-order valence-corrected chi connectivity index (χ4v) is 2.29. The van der Waals surface area contributed by atoms with E-state index in [2.05, 4.69) is 23.4 Å². The molecule has 2 N–H and O–H groups in total. The smallest absolute Gasteiger partial charge is 0.0948 e. The van der Waals surface area contributed by atoms with Gasteiger partial charge in [0.15, 0.2) is 0 Å². The molecule has 0 saturated heterocycles. The Hall–Kier alpha value is -0.480. The van der Waals surface area contributed by atoms with Crippen LogP contribution in [-0.2, 0) is 12.3 Å². The van der Waals surface area contributed by atoms with Gasteiger partial charge in [-0.3, -0.25) is 0 Å². The Morgan fingerprint density at radius 2 is 2.36 bits per heavy atom. The molecule has 1 aromatic rings. The van der Waals surface area contributed by atoms with Crippen LogP contribution in [0.3, 0.4) is 0 Å². The lowest BCUT2D eigenvalue weighted by atomic mass is 10.3. The monoisotopic (exact) mass is 213 g/mol. The summed E-state index contributed by atoms with van der Waals surface area (Å²) in [5.74, 6) is 2.05. The van der Waals surface area contributed by atoms with E-state index in [4.69, 9.17) is 5.73 Å². The fourth-order valence-electron chi connectivity index (χ4n) is 1.19. The summed E-state index contributed by atoms with van der Waals surface area (Å²) in [7, 11) is 0. The number of thioether (sulfide) groups is 1. The van der Waals surface area contributed by atoms with Crippen molar-refractivity contribution in [2.24, 2.45) is 5.73 Å². The lowest BCUT2D eigenvalue weighted by Gasteiger charge is -2.08. The van der Waals surface area contributed by atoms with Crippen molar-refractivity contribution < 1.29 is 0 Å². The summed E-state index contributed by atoms with van der Waals surface area (Å²) in [6.07, 6.45) is 4.88. The average molecular weight is 213 g/mol. The molecule has 0 aliphatic carbocycles. The topological polar surface area (TPSA) is 43.8 Å². The standard InChI is InChI=1S/C10H19N3S/c1-3-9(11)6-14-7-10-5-12-8-13(10)4-2/h5,8-9H,3-4,6-7,11H2,1-2H3. The molecule has 1 heterocycles. The minimum absolute atomic E-state index is 0.331. The van der Waals surface area contributed by atoms with Crippen LogP contribution in [0.4, 0.5) is 0 Å². The van der Waals surface area contributed by atoms with E-state index in [0.29, 0.717) is 6.04 Å². The van der Waals surface area contributed by atoms with E-state index in [1.807, 2.05) is 24.3 Å². The van der Waals surface area contributed by atoms with Crippen LogP contribution in [0, 0.1) is 0 Å². The first kappa shape index (κ1) is 11.6. The van der Waals surface area contributed by atoms with E-state index in [-0.39, 0.29) is 0 Å². The summed E-state index contributed by atoms with van der Waals surface area (Å²) in [4.78, 5) is 4.13. The van der Waals surface area contributed by atoms with Gasteiger partial charge in [0.2, 0.25) is 0 Å². The van der Waals surface area contributed by atoms with Crippen LogP contribution >= 0.6 is 11.8 Å². The van der Waals surface area contributed by atoms with Crippen LogP contribution in [0.15, 0.2) is 12.5 Å². The highest BCUT2D eigenvalue weighted by atomic mass is 32.2. The van der Waals surface area contributed by atoms with Crippen molar-refractivity contribution in [3.63, 3.8) is 0 Å². The molecule has 1 unspecified atom stereocenters.